The summed E-state index contributed by atoms with van der Waals surface area (Å²) in [5.74, 6) is -0.786. The largest absolute Gasteiger partial charge is 0.380 e. The first-order valence-corrected chi connectivity index (χ1v) is 5.80. The van der Waals surface area contributed by atoms with E-state index in [1.165, 1.54) is 19.2 Å². The number of hydrogen-bond donors (Lipinski definition) is 1. The lowest BCUT2D eigenvalue weighted by molar-refractivity contribution is 0.180. The predicted molar refractivity (Wildman–Crippen MR) is 61.7 cm³/mol. The summed E-state index contributed by atoms with van der Waals surface area (Å²) in [5.41, 5.74) is 6.02. The van der Waals surface area contributed by atoms with Crippen molar-refractivity contribution in [2.75, 3.05) is 13.7 Å². The van der Waals surface area contributed by atoms with E-state index in [0.717, 1.165) is 19.3 Å². The highest BCUT2D eigenvalue weighted by Crippen LogP contribution is 2.44. The van der Waals surface area contributed by atoms with Crippen LogP contribution in [0.2, 0.25) is 0 Å². The SMILES string of the molecule is COCc1cc(F)c(C2(CN)CCC2)cc1F. The summed E-state index contributed by atoms with van der Waals surface area (Å²) in [5, 5.41) is 0. The minimum Gasteiger partial charge on any atom is -0.380 e. The molecule has 0 radical (unpaired) electrons. The molecule has 1 aliphatic rings. The molecule has 0 unspecified atom stereocenters. The third kappa shape index (κ3) is 2.07. The highest BCUT2D eigenvalue weighted by Gasteiger charge is 2.39. The Morgan fingerprint density at radius 1 is 1.29 bits per heavy atom. The van der Waals surface area contributed by atoms with Gasteiger partial charge >= 0.3 is 0 Å². The summed E-state index contributed by atoms with van der Waals surface area (Å²) in [6.07, 6.45) is 2.70. The van der Waals surface area contributed by atoms with Crippen molar-refractivity contribution in [2.45, 2.75) is 31.3 Å². The molecule has 2 N–H and O–H groups in total. The van der Waals surface area contributed by atoms with Crippen LogP contribution in [0, 0.1) is 11.6 Å². The molecule has 2 nitrogen and oxygen atoms in total. The van der Waals surface area contributed by atoms with E-state index >= 15 is 0 Å². The third-order valence-corrected chi connectivity index (χ3v) is 3.71. The van der Waals surface area contributed by atoms with Gasteiger partial charge < -0.3 is 10.5 Å². The first-order chi connectivity index (χ1) is 8.13. The fourth-order valence-corrected chi connectivity index (χ4v) is 2.45. The second-order valence-electron chi connectivity index (χ2n) is 4.69. The van der Waals surface area contributed by atoms with Gasteiger partial charge in [-0.2, -0.15) is 0 Å². The number of halogens is 2. The Balaban J connectivity index is 2.39. The molecule has 0 spiro atoms. The van der Waals surface area contributed by atoms with E-state index in [1.807, 2.05) is 0 Å². The van der Waals surface area contributed by atoms with Gasteiger partial charge in [-0.25, -0.2) is 8.78 Å². The lowest BCUT2D eigenvalue weighted by Crippen LogP contribution is -2.42. The van der Waals surface area contributed by atoms with E-state index in [0.29, 0.717) is 12.1 Å². The van der Waals surface area contributed by atoms with Gasteiger partial charge in [0.1, 0.15) is 11.6 Å². The standard InChI is InChI=1S/C13H17F2NO/c1-17-7-9-5-12(15)10(6-11(9)14)13(8-16)3-2-4-13/h5-6H,2-4,7-8,16H2,1H3. The first-order valence-electron chi connectivity index (χ1n) is 5.80. The summed E-state index contributed by atoms with van der Waals surface area (Å²) in [6.45, 7) is 0.450. The van der Waals surface area contributed by atoms with Crippen molar-refractivity contribution in [1.29, 1.82) is 0 Å². The summed E-state index contributed by atoms with van der Waals surface area (Å²) >= 11 is 0. The topological polar surface area (TPSA) is 35.2 Å². The molecule has 0 aliphatic heterocycles. The molecule has 1 aliphatic carbocycles. The van der Waals surface area contributed by atoms with Crippen LogP contribution >= 0.6 is 0 Å². The van der Waals surface area contributed by atoms with E-state index in [4.69, 9.17) is 10.5 Å². The number of nitrogens with two attached hydrogens (primary N) is 1. The zero-order chi connectivity index (χ0) is 12.5. The molecule has 0 aromatic heterocycles. The maximum Gasteiger partial charge on any atom is 0.129 e. The van der Waals surface area contributed by atoms with E-state index in [-0.39, 0.29) is 23.4 Å². The Labute approximate surface area is 99.8 Å². The molecule has 17 heavy (non-hydrogen) atoms. The van der Waals surface area contributed by atoms with Crippen LogP contribution in [0.25, 0.3) is 0 Å². The van der Waals surface area contributed by atoms with Crippen molar-refractivity contribution in [3.05, 3.63) is 34.9 Å². The molecule has 0 amide bonds. The zero-order valence-electron chi connectivity index (χ0n) is 9.93. The molecular weight excluding hydrogens is 224 g/mol. The molecule has 1 saturated carbocycles. The van der Waals surface area contributed by atoms with Crippen molar-refractivity contribution < 1.29 is 13.5 Å². The monoisotopic (exact) mass is 241 g/mol. The number of rotatable bonds is 4. The van der Waals surface area contributed by atoms with Gasteiger partial charge in [-0.05, 0) is 30.5 Å². The van der Waals surface area contributed by atoms with E-state index < -0.39 is 5.82 Å². The molecule has 0 heterocycles. The Morgan fingerprint density at radius 2 is 2.00 bits per heavy atom. The molecule has 0 atom stereocenters. The molecule has 2 rings (SSSR count). The summed E-state index contributed by atoms with van der Waals surface area (Å²) in [7, 11) is 1.46. The van der Waals surface area contributed by atoms with E-state index in [9.17, 15) is 8.78 Å². The van der Waals surface area contributed by atoms with Gasteiger partial charge in [-0.1, -0.05) is 6.42 Å². The van der Waals surface area contributed by atoms with Gasteiger partial charge in [0.05, 0.1) is 6.61 Å². The van der Waals surface area contributed by atoms with Crippen LogP contribution in [0.15, 0.2) is 12.1 Å². The van der Waals surface area contributed by atoms with Crippen LogP contribution in [0.4, 0.5) is 8.78 Å². The highest BCUT2D eigenvalue weighted by atomic mass is 19.1. The second-order valence-corrected chi connectivity index (χ2v) is 4.69. The Hall–Kier alpha value is -1.00. The molecular formula is C13H17F2NO. The smallest absolute Gasteiger partial charge is 0.129 e. The maximum absolute atomic E-state index is 14.0. The van der Waals surface area contributed by atoms with Crippen molar-refractivity contribution >= 4 is 0 Å². The fraction of sp³-hybridized carbons (Fsp3) is 0.538. The van der Waals surface area contributed by atoms with Crippen LogP contribution in [-0.4, -0.2) is 13.7 Å². The summed E-state index contributed by atoms with van der Waals surface area (Å²) in [6, 6.07) is 2.51. The van der Waals surface area contributed by atoms with Gasteiger partial charge in [-0.3, -0.25) is 0 Å². The number of methoxy groups -OCH3 is 1. The fourth-order valence-electron chi connectivity index (χ4n) is 2.45. The Bertz CT molecular complexity index is 411. The van der Waals surface area contributed by atoms with Gasteiger partial charge in [0.25, 0.3) is 0 Å². The third-order valence-electron chi connectivity index (χ3n) is 3.71. The lowest BCUT2D eigenvalue weighted by Gasteiger charge is -2.41. The molecule has 1 aromatic carbocycles. The average Bonchev–Trinajstić information content (AvgIpc) is 2.24. The molecule has 0 saturated heterocycles. The Kier molecular flexibility index (Phi) is 3.45. The highest BCUT2D eigenvalue weighted by molar-refractivity contribution is 5.34. The van der Waals surface area contributed by atoms with Gasteiger partial charge in [-0.15, -0.1) is 0 Å². The zero-order valence-corrected chi connectivity index (χ0v) is 9.93. The second kappa shape index (κ2) is 4.70. The van der Waals surface area contributed by atoms with Crippen molar-refractivity contribution in [3.63, 3.8) is 0 Å². The van der Waals surface area contributed by atoms with E-state index in [2.05, 4.69) is 0 Å². The van der Waals surface area contributed by atoms with Gasteiger partial charge in [0.15, 0.2) is 0 Å². The average molecular weight is 241 g/mol. The van der Waals surface area contributed by atoms with Crippen LogP contribution in [0.3, 0.4) is 0 Å². The normalized spacial score (nSPS) is 17.9. The van der Waals surface area contributed by atoms with Gasteiger partial charge in [0, 0.05) is 24.6 Å². The summed E-state index contributed by atoms with van der Waals surface area (Å²) < 4.78 is 32.6. The Morgan fingerprint density at radius 3 is 2.47 bits per heavy atom. The van der Waals surface area contributed by atoms with Crippen molar-refractivity contribution in [3.8, 4) is 0 Å². The number of benzene rings is 1. The van der Waals surface area contributed by atoms with Crippen LogP contribution < -0.4 is 5.73 Å². The minimum absolute atomic E-state index is 0.0820. The van der Waals surface area contributed by atoms with Crippen LogP contribution in [0.5, 0.6) is 0 Å². The molecule has 4 heteroatoms. The van der Waals surface area contributed by atoms with E-state index in [1.54, 1.807) is 0 Å². The summed E-state index contributed by atoms with van der Waals surface area (Å²) in [4.78, 5) is 0. The van der Waals surface area contributed by atoms with Crippen molar-refractivity contribution in [2.24, 2.45) is 5.73 Å². The molecule has 0 bridgehead atoms. The number of hydrogen-bond acceptors (Lipinski definition) is 2. The molecule has 94 valence electrons. The number of ether oxygens (including phenoxy) is 1. The molecule has 1 fully saturated rings. The van der Waals surface area contributed by atoms with Crippen LogP contribution in [-0.2, 0) is 16.8 Å². The minimum atomic E-state index is -0.414. The van der Waals surface area contributed by atoms with Crippen LogP contribution in [0.1, 0.15) is 30.4 Å². The lowest BCUT2D eigenvalue weighted by atomic mass is 9.64. The maximum atomic E-state index is 14.0. The first kappa shape index (κ1) is 12.5. The van der Waals surface area contributed by atoms with Gasteiger partial charge in [0.2, 0.25) is 0 Å². The predicted octanol–water partition coefficient (Wildman–Crippen LogP) is 2.49. The van der Waals surface area contributed by atoms with Crippen molar-refractivity contribution in [1.82, 2.24) is 0 Å². The molecule has 1 aromatic rings. The quantitative estimate of drug-likeness (QED) is 0.879.